The first-order valence-electron chi connectivity index (χ1n) is 7.66. The van der Waals surface area contributed by atoms with E-state index in [9.17, 15) is 14.0 Å². The first-order valence-corrected chi connectivity index (χ1v) is 8.04. The number of rotatable bonds is 6. The van der Waals surface area contributed by atoms with E-state index in [2.05, 4.69) is 15.3 Å². The summed E-state index contributed by atoms with van der Waals surface area (Å²) in [7, 11) is 0. The molecule has 1 saturated heterocycles. The second-order valence-corrected chi connectivity index (χ2v) is 5.76. The van der Waals surface area contributed by atoms with Crippen LogP contribution in [0.3, 0.4) is 0 Å². The van der Waals surface area contributed by atoms with E-state index in [0.717, 1.165) is 0 Å². The van der Waals surface area contributed by atoms with Crippen LogP contribution in [0.5, 0.6) is 0 Å². The maximum absolute atomic E-state index is 12.4. The minimum absolute atomic E-state index is 0.0689. The van der Waals surface area contributed by atoms with Gasteiger partial charge in [-0.2, -0.15) is 0 Å². The van der Waals surface area contributed by atoms with Crippen LogP contribution >= 0.6 is 11.6 Å². The molecule has 0 unspecified atom stereocenters. The number of nitrogens with zero attached hydrogens (tertiary/aromatic N) is 2. The molecular weight excluding hydrogens is 343 g/mol. The van der Waals surface area contributed by atoms with Crippen molar-refractivity contribution in [2.75, 3.05) is 26.4 Å². The van der Waals surface area contributed by atoms with Gasteiger partial charge in [-0.1, -0.05) is 18.5 Å². The summed E-state index contributed by atoms with van der Waals surface area (Å²) in [6, 6.07) is -0.436. The fourth-order valence-corrected chi connectivity index (χ4v) is 2.85. The number of hydrogen-bond donors (Lipinski definition) is 3. The van der Waals surface area contributed by atoms with Gasteiger partial charge in [-0.15, -0.1) is 0 Å². The molecule has 0 saturated carbocycles. The normalized spacial score (nSPS) is 20.9. The van der Waals surface area contributed by atoms with Crippen molar-refractivity contribution in [3.8, 4) is 0 Å². The highest BCUT2D eigenvalue weighted by Crippen LogP contribution is 2.17. The van der Waals surface area contributed by atoms with E-state index in [-0.39, 0.29) is 30.7 Å². The fraction of sp³-hybridized carbons (Fsp3) is 0.643. The van der Waals surface area contributed by atoms with Gasteiger partial charge in [-0.05, 0) is 12.8 Å². The van der Waals surface area contributed by atoms with Crippen LogP contribution in [0.25, 0.3) is 0 Å². The van der Waals surface area contributed by atoms with Crippen LogP contribution < -0.4 is 5.32 Å². The van der Waals surface area contributed by atoms with Gasteiger partial charge in [0.25, 0.3) is 5.91 Å². The number of piperidine rings is 1. The number of alkyl halides is 1. The summed E-state index contributed by atoms with van der Waals surface area (Å²) in [6.07, 6.45) is -0.716. The Morgan fingerprint density at radius 3 is 2.92 bits per heavy atom. The molecule has 2 rings (SSSR count). The molecule has 0 aromatic carbocycles. The number of hydrogen-bond acceptors (Lipinski definition) is 4. The third-order valence-electron chi connectivity index (χ3n) is 3.85. The zero-order chi connectivity index (χ0) is 17.7. The molecule has 1 aromatic rings. The van der Waals surface area contributed by atoms with Crippen molar-refractivity contribution in [3.05, 3.63) is 16.7 Å². The lowest BCUT2D eigenvalue weighted by atomic mass is 10.0. The summed E-state index contributed by atoms with van der Waals surface area (Å²) < 4.78 is 17.7. The smallest absolute Gasteiger partial charge is 0.407 e. The van der Waals surface area contributed by atoms with Crippen LogP contribution in [0.4, 0.5) is 9.18 Å². The van der Waals surface area contributed by atoms with Gasteiger partial charge in [0.05, 0.1) is 31.0 Å². The van der Waals surface area contributed by atoms with E-state index in [0.29, 0.717) is 18.5 Å². The second kappa shape index (κ2) is 8.29. The van der Waals surface area contributed by atoms with E-state index < -0.39 is 30.8 Å². The molecule has 134 valence electrons. The minimum atomic E-state index is -1.07. The molecular formula is C14H20ClFN4O4. The standard InChI is InChI=1S/C14H20ClFN4O4/c1-2-8-11(15)19-12(17-8)13(21)18-9-3-5-20(14(22)23)7-10(9)24-6-4-16/h9-10H,2-7H2,1H3,(H,17,19)(H,18,21)(H,22,23)/t9-,10+/m1/s1. The van der Waals surface area contributed by atoms with Gasteiger partial charge >= 0.3 is 6.09 Å². The molecule has 24 heavy (non-hydrogen) atoms. The number of carboxylic acid groups (broad SMARTS) is 1. The number of aromatic amines is 1. The number of nitrogens with one attached hydrogen (secondary N) is 2. The van der Waals surface area contributed by atoms with Crippen LogP contribution in [0, 0.1) is 0 Å². The zero-order valence-electron chi connectivity index (χ0n) is 13.2. The van der Waals surface area contributed by atoms with Crippen LogP contribution in [0.2, 0.25) is 5.15 Å². The van der Waals surface area contributed by atoms with Crippen LogP contribution in [0.15, 0.2) is 0 Å². The summed E-state index contributed by atoms with van der Waals surface area (Å²) in [5, 5.41) is 12.1. The Kier molecular flexibility index (Phi) is 6.38. The number of H-pyrrole nitrogens is 1. The Morgan fingerprint density at radius 2 is 2.33 bits per heavy atom. The molecule has 2 atom stereocenters. The fourth-order valence-electron chi connectivity index (χ4n) is 2.59. The van der Waals surface area contributed by atoms with E-state index in [1.165, 1.54) is 4.90 Å². The molecule has 0 bridgehead atoms. The largest absolute Gasteiger partial charge is 0.465 e. The van der Waals surface area contributed by atoms with Crippen molar-refractivity contribution in [1.82, 2.24) is 20.2 Å². The topological polar surface area (TPSA) is 108 Å². The first-order chi connectivity index (χ1) is 11.5. The van der Waals surface area contributed by atoms with Crippen molar-refractivity contribution in [1.29, 1.82) is 0 Å². The highest BCUT2D eigenvalue weighted by molar-refractivity contribution is 6.30. The first kappa shape index (κ1) is 18.5. The molecule has 1 aliphatic rings. The number of imidazole rings is 1. The predicted octanol–water partition coefficient (Wildman–Crippen LogP) is 1.46. The molecule has 1 fully saturated rings. The highest BCUT2D eigenvalue weighted by atomic mass is 35.5. The number of carbonyl (C=O) groups excluding carboxylic acids is 1. The molecule has 2 amide bonds. The van der Waals surface area contributed by atoms with Gasteiger partial charge in [0.2, 0.25) is 0 Å². The molecule has 1 aliphatic heterocycles. The maximum Gasteiger partial charge on any atom is 0.407 e. The highest BCUT2D eigenvalue weighted by Gasteiger charge is 2.33. The molecule has 1 aromatic heterocycles. The Hall–Kier alpha value is -1.87. The SMILES string of the molecule is CCc1[nH]c(C(=O)N[C@@H]2CCN(C(=O)O)C[C@@H]2OCCF)nc1Cl. The summed E-state index contributed by atoms with van der Waals surface area (Å²) >= 11 is 5.92. The average Bonchev–Trinajstić information content (AvgIpc) is 2.94. The van der Waals surface area contributed by atoms with Crippen molar-refractivity contribution < 1.29 is 23.8 Å². The van der Waals surface area contributed by atoms with Crippen LogP contribution in [-0.2, 0) is 11.2 Å². The third kappa shape index (κ3) is 4.35. The molecule has 10 heteroatoms. The van der Waals surface area contributed by atoms with Crippen LogP contribution in [0.1, 0.15) is 29.7 Å². The summed E-state index contributed by atoms with van der Waals surface area (Å²) in [5.41, 5.74) is 0.660. The minimum Gasteiger partial charge on any atom is -0.465 e. The number of halogens is 2. The lowest BCUT2D eigenvalue weighted by molar-refractivity contribution is -0.0206. The van der Waals surface area contributed by atoms with Gasteiger partial charge in [0.1, 0.15) is 6.67 Å². The van der Waals surface area contributed by atoms with Gasteiger partial charge in [0.15, 0.2) is 11.0 Å². The summed E-state index contributed by atoms with van der Waals surface area (Å²) in [5.74, 6) is -0.374. The van der Waals surface area contributed by atoms with E-state index in [1.54, 1.807) is 0 Å². The quantitative estimate of drug-likeness (QED) is 0.710. The Morgan fingerprint density at radius 1 is 1.58 bits per heavy atom. The zero-order valence-corrected chi connectivity index (χ0v) is 14.0. The number of aromatic nitrogens is 2. The van der Waals surface area contributed by atoms with Crippen molar-refractivity contribution >= 4 is 23.6 Å². The number of amides is 2. The molecule has 0 spiro atoms. The third-order valence-corrected chi connectivity index (χ3v) is 4.16. The molecule has 0 aliphatic carbocycles. The number of ether oxygens (including phenoxy) is 1. The van der Waals surface area contributed by atoms with Crippen molar-refractivity contribution in [3.63, 3.8) is 0 Å². The van der Waals surface area contributed by atoms with E-state index in [4.69, 9.17) is 21.4 Å². The molecule has 2 heterocycles. The summed E-state index contributed by atoms with van der Waals surface area (Å²) in [6.45, 7) is 1.37. The Labute approximate surface area is 143 Å². The lowest BCUT2D eigenvalue weighted by Gasteiger charge is -2.37. The van der Waals surface area contributed by atoms with Crippen molar-refractivity contribution in [2.45, 2.75) is 31.9 Å². The number of carbonyl (C=O) groups is 2. The van der Waals surface area contributed by atoms with Gasteiger partial charge in [-0.25, -0.2) is 14.2 Å². The van der Waals surface area contributed by atoms with Gasteiger partial charge in [0, 0.05) is 6.54 Å². The van der Waals surface area contributed by atoms with E-state index >= 15 is 0 Å². The maximum atomic E-state index is 12.4. The number of likely N-dealkylation sites (tertiary alicyclic amines) is 1. The monoisotopic (exact) mass is 362 g/mol. The molecule has 3 N–H and O–H groups in total. The van der Waals surface area contributed by atoms with Gasteiger partial charge in [-0.3, -0.25) is 4.79 Å². The van der Waals surface area contributed by atoms with E-state index in [1.807, 2.05) is 6.92 Å². The van der Waals surface area contributed by atoms with Crippen molar-refractivity contribution in [2.24, 2.45) is 0 Å². The Bertz CT molecular complexity index is 597. The van der Waals surface area contributed by atoms with Crippen LogP contribution in [-0.4, -0.2) is 70.5 Å². The lowest BCUT2D eigenvalue weighted by Crippen LogP contribution is -2.56. The second-order valence-electron chi connectivity index (χ2n) is 5.40. The predicted molar refractivity (Wildman–Crippen MR) is 84.2 cm³/mol. The summed E-state index contributed by atoms with van der Waals surface area (Å²) in [4.78, 5) is 31.4. The molecule has 8 nitrogen and oxygen atoms in total. The number of aryl methyl sites for hydroxylation is 1. The van der Waals surface area contributed by atoms with Gasteiger partial charge < -0.3 is 25.0 Å². The average molecular weight is 363 g/mol. The Balaban J connectivity index is 2.04. The molecule has 0 radical (unpaired) electrons.